The number of hydrogen-bond acceptors (Lipinski definition) is 5. The molecule has 0 aliphatic carbocycles. The lowest BCUT2D eigenvalue weighted by Crippen LogP contribution is -2.12. The van der Waals surface area contributed by atoms with Gasteiger partial charge in [0, 0.05) is 28.4 Å². The van der Waals surface area contributed by atoms with Gasteiger partial charge in [-0.2, -0.15) is 0 Å². The normalized spacial score (nSPS) is 10.9. The molecule has 3 aromatic carbocycles. The topological polar surface area (TPSA) is 98.3 Å². The summed E-state index contributed by atoms with van der Waals surface area (Å²) in [6, 6.07) is 17.4. The van der Waals surface area contributed by atoms with Crippen molar-refractivity contribution in [2.24, 2.45) is 0 Å². The predicted molar refractivity (Wildman–Crippen MR) is 115 cm³/mol. The Morgan fingerprint density at radius 2 is 1.97 bits per heavy atom. The minimum atomic E-state index is -0.468. The molecule has 0 saturated carbocycles. The highest BCUT2D eigenvalue weighted by Crippen LogP contribution is 2.27. The van der Waals surface area contributed by atoms with Crippen molar-refractivity contribution in [3.8, 4) is 11.5 Å². The lowest BCUT2D eigenvalue weighted by molar-refractivity contribution is -0.385. The monoisotopic (exact) mass is 401 g/mol. The Labute approximate surface area is 172 Å². The molecule has 7 nitrogen and oxygen atoms in total. The summed E-state index contributed by atoms with van der Waals surface area (Å²) in [5.41, 5.74) is 4.75. The van der Waals surface area contributed by atoms with Crippen LogP contribution >= 0.6 is 0 Å². The number of anilines is 1. The molecule has 0 aliphatic rings. The van der Waals surface area contributed by atoms with Crippen LogP contribution in [0.4, 0.5) is 11.4 Å². The Kier molecular flexibility index (Phi) is 5.02. The van der Waals surface area contributed by atoms with Gasteiger partial charge in [0.25, 0.3) is 11.6 Å². The maximum Gasteiger partial charge on any atom is 0.272 e. The van der Waals surface area contributed by atoms with Crippen LogP contribution in [0, 0.1) is 17.0 Å². The average Bonchev–Trinajstić information content (AvgIpc) is 3.17. The standard InChI is InChI=1S/C23H19N3O4/c1-3-15-7-10-21-19(12-15)25-23(30-21)17-5-4-6-18(13-17)24-22(27)16-8-9-20(26(28)29)14(2)11-16/h4-13H,3H2,1-2H3,(H,24,27). The second kappa shape index (κ2) is 7.79. The fraction of sp³-hybridized carbons (Fsp3) is 0.130. The molecule has 1 N–H and O–H groups in total. The number of oxazole rings is 1. The molecule has 4 aromatic rings. The Bertz CT molecular complexity index is 1280. The Balaban J connectivity index is 1.58. The van der Waals surface area contributed by atoms with Gasteiger partial charge in [0.1, 0.15) is 5.52 Å². The third-order valence-electron chi connectivity index (χ3n) is 4.88. The summed E-state index contributed by atoms with van der Waals surface area (Å²) >= 11 is 0. The van der Waals surface area contributed by atoms with Crippen molar-refractivity contribution in [2.45, 2.75) is 20.3 Å². The van der Waals surface area contributed by atoms with E-state index in [0.29, 0.717) is 28.3 Å². The van der Waals surface area contributed by atoms with Crippen molar-refractivity contribution in [3.63, 3.8) is 0 Å². The van der Waals surface area contributed by atoms with E-state index in [1.54, 1.807) is 25.1 Å². The second-order valence-corrected chi connectivity index (χ2v) is 6.97. The first-order valence-corrected chi connectivity index (χ1v) is 9.51. The lowest BCUT2D eigenvalue weighted by Gasteiger charge is -2.07. The average molecular weight is 401 g/mol. The number of nitro benzene ring substituents is 1. The van der Waals surface area contributed by atoms with Gasteiger partial charge in [0.05, 0.1) is 4.92 Å². The van der Waals surface area contributed by atoms with E-state index in [4.69, 9.17) is 4.42 Å². The van der Waals surface area contributed by atoms with E-state index >= 15 is 0 Å². The molecule has 4 rings (SSSR count). The van der Waals surface area contributed by atoms with Crippen LogP contribution in [0.3, 0.4) is 0 Å². The molecule has 0 aliphatic heterocycles. The van der Waals surface area contributed by atoms with Crippen LogP contribution in [0.25, 0.3) is 22.6 Å². The summed E-state index contributed by atoms with van der Waals surface area (Å²) in [5.74, 6) is 0.121. The van der Waals surface area contributed by atoms with Crippen molar-refractivity contribution in [3.05, 3.63) is 87.5 Å². The predicted octanol–water partition coefficient (Wildman–Crippen LogP) is 5.53. The minimum Gasteiger partial charge on any atom is -0.436 e. The fourth-order valence-electron chi connectivity index (χ4n) is 3.25. The third kappa shape index (κ3) is 3.77. The maximum absolute atomic E-state index is 12.6. The lowest BCUT2D eigenvalue weighted by atomic mass is 10.1. The smallest absolute Gasteiger partial charge is 0.272 e. The van der Waals surface area contributed by atoms with E-state index in [1.165, 1.54) is 23.8 Å². The van der Waals surface area contributed by atoms with Gasteiger partial charge in [-0.25, -0.2) is 4.98 Å². The highest BCUT2D eigenvalue weighted by atomic mass is 16.6. The van der Waals surface area contributed by atoms with Gasteiger partial charge in [0.15, 0.2) is 5.58 Å². The molecule has 7 heteroatoms. The zero-order chi connectivity index (χ0) is 21.3. The van der Waals surface area contributed by atoms with Crippen LogP contribution in [-0.2, 0) is 6.42 Å². The number of benzene rings is 3. The molecular weight excluding hydrogens is 382 g/mol. The Hall–Kier alpha value is -4.00. The highest BCUT2D eigenvalue weighted by molar-refractivity contribution is 6.04. The summed E-state index contributed by atoms with van der Waals surface area (Å²) in [6.07, 6.45) is 0.918. The van der Waals surface area contributed by atoms with Crippen LogP contribution in [0.1, 0.15) is 28.4 Å². The van der Waals surface area contributed by atoms with Gasteiger partial charge in [-0.15, -0.1) is 0 Å². The SMILES string of the molecule is CCc1ccc2oc(-c3cccc(NC(=O)c4ccc([N+](=O)[O-])c(C)c4)c3)nc2c1. The third-order valence-corrected chi connectivity index (χ3v) is 4.88. The molecule has 0 saturated heterocycles. The summed E-state index contributed by atoms with van der Waals surface area (Å²) in [6.45, 7) is 3.69. The van der Waals surface area contributed by atoms with Gasteiger partial charge >= 0.3 is 0 Å². The molecule has 150 valence electrons. The first-order valence-electron chi connectivity index (χ1n) is 9.51. The van der Waals surface area contributed by atoms with Crippen LogP contribution in [-0.4, -0.2) is 15.8 Å². The number of aromatic nitrogens is 1. The summed E-state index contributed by atoms with van der Waals surface area (Å²) in [4.78, 5) is 27.6. The first-order chi connectivity index (χ1) is 14.4. The van der Waals surface area contributed by atoms with E-state index in [1.807, 2.05) is 24.3 Å². The van der Waals surface area contributed by atoms with Gasteiger partial charge in [-0.1, -0.05) is 19.1 Å². The van der Waals surface area contributed by atoms with Crippen molar-refractivity contribution in [1.82, 2.24) is 4.98 Å². The number of hydrogen-bond donors (Lipinski definition) is 1. The van der Waals surface area contributed by atoms with Crippen molar-refractivity contribution in [1.29, 1.82) is 0 Å². The molecule has 1 amide bonds. The van der Waals surface area contributed by atoms with E-state index < -0.39 is 4.92 Å². The van der Waals surface area contributed by atoms with Crippen molar-refractivity contribution in [2.75, 3.05) is 5.32 Å². The first kappa shape index (κ1) is 19.3. The summed E-state index contributed by atoms with van der Waals surface area (Å²) in [5, 5.41) is 13.8. The number of carbonyl (C=O) groups excluding carboxylic acids is 1. The minimum absolute atomic E-state index is 0.0178. The van der Waals surface area contributed by atoms with E-state index in [0.717, 1.165) is 17.5 Å². The van der Waals surface area contributed by atoms with Gasteiger partial charge in [-0.05, 0) is 61.4 Å². The van der Waals surface area contributed by atoms with Gasteiger partial charge < -0.3 is 9.73 Å². The molecular formula is C23H19N3O4. The molecule has 1 aromatic heterocycles. The molecule has 0 bridgehead atoms. The van der Waals surface area contributed by atoms with E-state index in [2.05, 4.69) is 17.2 Å². The zero-order valence-corrected chi connectivity index (χ0v) is 16.5. The number of nitrogens with zero attached hydrogens (tertiary/aromatic N) is 2. The molecule has 0 fully saturated rings. The highest BCUT2D eigenvalue weighted by Gasteiger charge is 2.15. The van der Waals surface area contributed by atoms with Crippen LogP contribution < -0.4 is 5.32 Å². The van der Waals surface area contributed by atoms with E-state index in [9.17, 15) is 14.9 Å². The largest absolute Gasteiger partial charge is 0.436 e. The number of fused-ring (bicyclic) bond motifs is 1. The van der Waals surface area contributed by atoms with Crippen LogP contribution in [0.5, 0.6) is 0 Å². The fourth-order valence-corrected chi connectivity index (χ4v) is 3.25. The maximum atomic E-state index is 12.6. The molecule has 1 heterocycles. The Morgan fingerprint density at radius 3 is 2.70 bits per heavy atom. The van der Waals surface area contributed by atoms with Crippen molar-refractivity contribution >= 4 is 28.4 Å². The van der Waals surface area contributed by atoms with E-state index in [-0.39, 0.29) is 11.6 Å². The molecule has 0 radical (unpaired) electrons. The number of amides is 1. The van der Waals surface area contributed by atoms with Crippen LogP contribution in [0.15, 0.2) is 65.1 Å². The van der Waals surface area contributed by atoms with Crippen molar-refractivity contribution < 1.29 is 14.1 Å². The number of carbonyl (C=O) groups is 1. The number of nitrogens with one attached hydrogen (secondary N) is 1. The Morgan fingerprint density at radius 1 is 1.13 bits per heavy atom. The molecule has 0 atom stereocenters. The summed E-state index contributed by atoms with van der Waals surface area (Å²) < 4.78 is 5.86. The molecule has 0 unspecified atom stereocenters. The van der Waals surface area contributed by atoms with Gasteiger partial charge in [0.2, 0.25) is 5.89 Å². The summed E-state index contributed by atoms with van der Waals surface area (Å²) in [7, 11) is 0. The molecule has 0 spiro atoms. The second-order valence-electron chi connectivity index (χ2n) is 6.97. The number of aryl methyl sites for hydroxylation is 2. The molecule has 30 heavy (non-hydrogen) atoms. The van der Waals surface area contributed by atoms with Gasteiger partial charge in [-0.3, -0.25) is 14.9 Å². The number of nitro groups is 1. The number of rotatable bonds is 5. The zero-order valence-electron chi connectivity index (χ0n) is 16.5. The quantitative estimate of drug-likeness (QED) is 0.350. The van der Waals surface area contributed by atoms with Crippen LogP contribution in [0.2, 0.25) is 0 Å².